The second-order valence-electron chi connectivity index (χ2n) is 4.80. The van der Waals surface area contributed by atoms with Crippen LogP contribution in [0.4, 0.5) is 0 Å². The highest BCUT2D eigenvalue weighted by atomic mass is 16.5. The van der Waals surface area contributed by atoms with Crippen LogP contribution in [-0.2, 0) is 10.2 Å². The minimum atomic E-state index is -0.835. The van der Waals surface area contributed by atoms with Crippen molar-refractivity contribution in [3.63, 3.8) is 0 Å². The Morgan fingerprint density at radius 2 is 2.12 bits per heavy atom. The summed E-state index contributed by atoms with van der Waals surface area (Å²) in [6.07, 6.45) is 1.37. The van der Waals surface area contributed by atoms with Crippen LogP contribution < -0.4 is 4.74 Å². The van der Waals surface area contributed by atoms with Crippen LogP contribution in [0.25, 0.3) is 0 Å². The minimum absolute atomic E-state index is 0.0896. The summed E-state index contributed by atoms with van der Waals surface area (Å²) in [4.78, 5) is 12.2. The van der Waals surface area contributed by atoms with Crippen LogP contribution in [0.5, 0.6) is 5.75 Å². The van der Waals surface area contributed by atoms with Crippen molar-refractivity contribution in [1.29, 1.82) is 0 Å². The molecule has 0 heterocycles. The Labute approximate surface area is 101 Å². The van der Waals surface area contributed by atoms with E-state index in [4.69, 9.17) is 4.74 Å². The molecule has 1 aliphatic rings. The van der Waals surface area contributed by atoms with Gasteiger partial charge in [0.2, 0.25) is 0 Å². The zero-order valence-electron chi connectivity index (χ0n) is 10.3. The van der Waals surface area contributed by atoms with Crippen LogP contribution in [0, 0.1) is 0 Å². The maximum Gasteiger partial charge on any atom is 0.171 e. The summed E-state index contributed by atoms with van der Waals surface area (Å²) in [6, 6.07) is 7.55. The largest absolute Gasteiger partial charge is 0.496 e. The number of methoxy groups -OCH3 is 1. The number of Topliss-reactive ketones (excluding diaryl/α,β-unsaturated/α-hetero) is 1. The summed E-state index contributed by atoms with van der Waals surface area (Å²) >= 11 is 0. The number of ketones is 1. The SMILES string of the molecule is COc1ccccc1C1(C)CCCC(O)C1=O. The van der Waals surface area contributed by atoms with Crippen molar-refractivity contribution < 1.29 is 14.6 Å². The number of benzene rings is 1. The average molecular weight is 234 g/mol. The summed E-state index contributed by atoms with van der Waals surface area (Å²) in [5.41, 5.74) is 0.260. The van der Waals surface area contributed by atoms with Crippen LogP contribution in [0.15, 0.2) is 24.3 Å². The number of hydrogen-bond donors (Lipinski definition) is 1. The zero-order valence-corrected chi connectivity index (χ0v) is 10.3. The summed E-state index contributed by atoms with van der Waals surface area (Å²) in [7, 11) is 1.60. The smallest absolute Gasteiger partial charge is 0.171 e. The van der Waals surface area contributed by atoms with Gasteiger partial charge < -0.3 is 9.84 Å². The van der Waals surface area contributed by atoms with Crippen molar-refractivity contribution in [1.82, 2.24) is 0 Å². The fourth-order valence-corrected chi connectivity index (χ4v) is 2.64. The average Bonchev–Trinajstić information content (AvgIpc) is 2.36. The van der Waals surface area contributed by atoms with E-state index >= 15 is 0 Å². The van der Waals surface area contributed by atoms with E-state index in [0.717, 1.165) is 24.2 Å². The van der Waals surface area contributed by atoms with E-state index in [0.29, 0.717) is 6.42 Å². The Bertz CT molecular complexity index is 427. The van der Waals surface area contributed by atoms with Gasteiger partial charge in [0.05, 0.1) is 12.5 Å². The van der Waals surface area contributed by atoms with Gasteiger partial charge in [-0.1, -0.05) is 18.2 Å². The van der Waals surface area contributed by atoms with Gasteiger partial charge >= 0.3 is 0 Å². The van der Waals surface area contributed by atoms with Gasteiger partial charge in [0, 0.05) is 5.56 Å². The molecule has 2 unspecified atom stereocenters. The number of aliphatic hydroxyl groups is 1. The maximum atomic E-state index is 12.2. The summed E-state index contributed by atoms with van der Waals surface area (Å²) in [5, 5.41) is 9.75. The molecule has 2 rings (SSSR count). The molecule has 1 saturated carbocycles. The van der Waals surface area contributed by atoms with Crippen molar-refractivity contribution in [3.05, 3.63) is 29.8 Å². The van der Waals surface area contributed by atoms with E-state index < -0.39 is 11.5 Å². The Morgan fingerprint density at radius 1 is 1.41 bits per heavy atom. The molecule has 3 nitrogen and oxygen atoms in total. The third-order valence-corrected chi connectivity index (χ3v) is 3.70. The highest BCUT2D eigenvalue weighted by Gasteiger charge is 2.43. The lowest BCUT2D eigenvalue weighted by Gasteiger charge is -2.35. The van der Waals surface area contributed by atoms with Crippen LogP contribution in [0.3, 0.4) is 0 Å². The number of para-hydroxylation sites is 1. The summed E-state index contributed by atoms with van der Waals surface area (Å²) < 4.78 is 5.31. The molecule has 0 radical (unpaired) electrons. The van der Waals surface area contributed by atoms with Crippen LogP contribution in [0.2, 0.25) is 0 Å². The molecule has 17 heavy (non-hydrogen) atoms. The molecule has 2 atom stereocenters. The Hall–Kier alpha value is -1.35. The van der Waals surface area contributed by atoms with E-state index in [9.17, 15) is 9.90 Å². The van der Waals surface area contributed by atoms with Gasteiger partial charge in [-0.2, -0.15) is 0 Å². The Morgan fingerprint density at radius 3 is 2.82 bits per heavy atom. The molecule has 3 heteroatoms. The predicted octanol–water partition coefficient (Wildman–Crippen LogP) is 2.07. The molecule has 92 valence electrons. The first-order valence-corrected chi connectivity index (χ1v) is 5.95. The normalized spacial score (nSPS) is 29.1. The van der Waals surface area contributed by atoms with Crippen LogP contribution in [-0.4, -0.2) is 24.1 Å². The Kier molecular flexibility index (Phi) is 3.20. The van der Waals surface area contributed by atoms with Gasteiger partial charge in [-0.3, -0.25) is 4.79 Å². The number of rotatable bonds is 2. The second-order valence-corrected chi connectivity index (χ2v) is 4.80. The topological polar surface area (TPSA) is 46.5 Å². The van der Waals surface area contributed by atoms with E-state index in [1.165, 1.54) is 0 Å². The van der Waals surface area contributed by atoms with Crippen molar-refractivity contribution in [2.75, 3.05) is 7.11 Å². The molecule has 1 aliphatic carbocycles. The van der Waals surface area contributed by atoms with Gasteiger partial charge in [0.15, 0.2) is 5.78 Å². The number of hydrogen-bond acceptors (Lipinski definition) is 3. The third-order valence-electron chi connectivity index (χ3n) is 3.70. The molecule has 1 aromatic carbocycles. The van der Waals surface area contributed by atoms with E-state index in [2.05, 4.69) is 0 Å². The lowest BCUT2D eigenvalue weighted by Crippen LogP contribution is -2.44. The second kappa shape index (κ2) is 4.49. The van der Waals surface area contributed by atoms with Crippen LogP contribution >= 0.6 is 0 Å². The van der Waals surface area contributed by atoms with Gasteiger partial charge in [-0.25, -0.2) is 0 Å². The highest BCUT2D eigenvalue weighted by Crippen LogP contribution is 2.40. The number of aliphatic hydroxyl groups excluding tert-OH is 1. The monoisotopic (exact) mass is 234 g/mol. The molecule has 0 spiro atoms. The van der Waals surface area contributed by atoms with Gasteiger partial charge in [-0.05, 0) is 32.3 Å². The van der Waals surface area contributed by atoms with E-state index in [-0.39, 0.29) is 5.78 Å². The fourth-order valence-electron chi connectivity index (χ4n) is 2.64. The van der Waals surface area contributed by atoms with Crippen LogP contribution in [0.1, 0.15) is 31.7 Å². The van der Waals surface area contributed by atoms with Gasteiger partial charge in [-0.15, -0.1) is 0 Å². The standard InChI is InChI=1S/C14H18O3/c1-14(9-5-7-11(15)13(14)16)10-6-3-4-8-12(10)17-2/h3-4,6,8,11,15H,5,7,9H2,1-2H3. The molecule has 0 amide bonds. The summed E-state index contributed by atoms with van der Waals surface area (Å²) in [5.74, 6) is 0.630. The van der Waals surface area contributed by atoms with Gasteiger partial charge in [0.25, 0.3) is 0 Å². The number of carbonyl (C=O) groups is 1. The number of ether oxygens (including phenoxy) is 1. The maximum absolute atomic E-state index is 12.2. The fraction of sp³-hybridized carbons (Fsp3) is 0.500. The molecular formula is C14H18O3. The molecular weight excluding hydrogens is 216 g/mol. The van der Waals surface area contributed by atoms with E-state index in [1.54, 1.807) is 7.11 Å². The zero-order chi connectivity index (χ0) is 12.5. The Balaban J connectivity index is 2.46. The third kappa shape index (κ3) is 1.95. The van der Waals surface area contributed by atoms with Crippen molar-refractivity contribution >= 4 is 5.78 Å². The lowest BCUT2D eigenvalue weighted by molar-refractivity contribution is -0.135. The first-order chi connectivity index (χ1) is 8.09. The van der Waals surface area contributed by atoms with Gasteiger partial charge in [0.1, 0.15) is 11.9 Å². The van der Waals surface area contributed by atoms with Crippen molar-refractivity contribution in [3.8, 4) is 5.75 Å². The van der Waals surface area contributed by atoms with Crippen molar-refractivity contribution in [2.45, 2.75) is 37.7 Å². The molecule has 0 bridgehead atoms. The van der Waals surface area contributed by atoms with Crippen molar-refractivity contribution in [2.24, 2.45) is 0 Å². The molecule has 0 saturated heterocycles. The minimum Gasteiger partial charge on any atom is -0.496 e. The quantitative estimate of drug-likeness (QED) is 0.852. The summed E-state index contributed by atoms with van der Waals surface area (Å²) in [6.45, 7) is 1.90. The number of carbonyl (C=O) groups excluding carboxylic acids is 1. The molecule has 1 aromatic rings. The first-order valence-electron chi connectivity index (χ1n) is 5.95. The molecule has 1 fully saturated rings. The highest BCUT2D eigenvalue weighted by molar-refractivity contribution is 5.94. The first kappa shape index (κ1) is 12.1. The lowest BCUT2D eigenvalue weighted by atomic mass is 9.68. The molecule has 0 aromatic heterocycles. The predicted molar refractivity (Wildman–Crippen MR) is 65.2 cm³/mol. The van der Waals surface area contributed by atoms with E-state index in [1.807, 2.05) is 31.2 Å². The molecule has 0 aliphatic heterocycles. The molecule has 1 N–H and O–H groups in total.